The second-order valence-electron chi connectivity index (χ2n) is 3.85. The quantitative estimate of drug-likeness (QED) is 0.875. The van der Waals surface area contributed by atoms with Crippen molar-refractivity contribution in [1.82, 2.24) is 14.8 Å². The fourth-order valence-electron chi connectivity index (χ4n) is 1.51. The molecule has 0 unspecified atom stereocenters. The largest absolute Gasteiger partial charge is 0.419 e. The lowest BCUT2D eigenvalue weighted by molar-refractivity contribution is -0.139. The summed E-state index contributed by atoms with van der Waals surface area (Å²) in [5.74, 6) is -0.741. The van der Waals surface area contributed by atoms with Crippen LogP contribution in [0.3, 0.4) is 0 Å². The molecular weight excluding hydrogens is 264 g/mol. The van der Waals surface area contributed by atoms with Crippen LogP contribution >= 0.6 is 0 Å². The Morgan fingerprint density at radius 2 is 2.05 bits per heavy atom. The maximum atomic E-state index is 13.1. The topological polar surface area (TPSA) is 42.7 Å². The summed E-state index contributed by atoms with van der Waals surface area (Å²) in [4.78, 5) is 3.91. The number of rotatable bonds is 3. The van der Waals surface area contributed by atoms with Crippen molar-refractivity contribution in [3.63, 3.8) is 0 Å². The molecule has 0 radical (unpaired) electrons. The molecule has 0 fully saturated rings. The Labute approximate surface area is 106 Å². The number of anilines is 1. The molecule has 0 aliphatic heterocycles. The zero-order valence-corrected chi connectivity index (χ0v) is 9.87. The van der Waals surface area contributed by atoms with Gasteiger partial charge in [-0.2, -0.15) is 18.3 Å². The third-order valence-corrected chi connectivity index (χ3v) is 2.53. The van der Waals surface area contributed by atoms with Crippen molar-refractivity contribution in [2.24, 2.45) is 7.05 Å². The number of nitrogens with one attached hydrogen (secondary N) is 1. The van der Waals surface area contributed by atoms with Gasteiger partial charge in [0.25, 0.3) is 0 Å². The van der Waals surface area contributed by atoms with Crippen molar-refractivity contribution in [1.29, 1.82) is 0 Å². The van der Waals surface area contributed by atoms with E-state index in [1.165, 1.54) is 17.1 Å². The summed E-state index contributed by atoms with van der Waals surface area (Å²) in [5.41, 5.74) is -1.13. The molecule has 8 heteroatoms. The number of hydrogen-bond donors (Lipinski definition) is 1. The van der Waals surface area contributed by atoms with Gasteiger partial charge < -0.3 is 5.32 Å². The van der Waals surface area contributed by atoms with Crippen LogP contribution in [-0.4, -0.2) is 14.8 Å². The Morgan fingerprint density at radius 1 is 1.32 bits per heavy atom. The summed E-state index contributed by atoms with van der Waals surface area (Å²) in [6.07, 6.45) is -3.38. The molecule has 0 spiro atoms. The number of hydrogen-bond acceptors (Lipinski definition) is 3. The zero-order valence-electron chi connectivity index (χ0n) is 9.87. The molecule has 1 aromatic carbocycles. The van der Waals surface area contributed by atoms with Gasteiger partial charge in [-0.3, -0.25) is 4.68 Å². The average Bonchev–Trinajstić information content (AvgIpc) is 2.72. The van der Waals surface area contributed by atoms with Crippen molar-refractivity contribution < 1.29 is 17.6 Å². The molecule has 1 heterocycles. The van der Waals surface area contributed by atoms with E-state index in [2.05, 4.69) is 15.4 Å². The molecule has 19 heavy (non-hydrogen) atoms. The lowest BCUT2D eigenvalue weighted by Crippen LogP contribution is -2.10. The van der Waals surface area contributed by atoms with E-state index in [9.17, 15) is 17.6 Å². The number of nitrogens with zero attached hydrogens (tertiary/aromatic N) is 3. The minimum absolute atomic E-state index is 0.164. The predicted molar refractivity (Wildman–Crippen MR) is 59.7 cm³/mol. The van der Waals surface area contributed by atoms with E-state index >= 15 is 0 Å². The Balaban J connectivity index is 2.16. The molecule has 2 rings (SSSR count). The van der Waals surface area contributed by atoms with Crippen molar-refractivity contribution in [2.75, 3.05) is 5.32 Å². The monoisotopic (exact) mass is 274 g/mol. The van der Waals surface area contributed by atoms with Crippen LogP contribution in [0.4, 0.5) is 23.2 Å². The Hall–Kier alpha value is -2.12. The first-order valence-corrected chi connectivity index (χ1v) is 5.31. The molecule has 0 atom stereocenters. The maximum Gasteiger partial charge on any atom is 0.419 e. The van der Waals surface area contributed by atoms with Gasteiger partial charge in [0.15, 0.2) is 0 Å². The molecule has 2 aromatic rings. The Morgan fingerprint density at radius 3 is 2.63 bits per heavy atom. The van der Waals surface area contributed by atoms with Gasteiger partial charge in [-0.15, -0.1) is 0 Å². The highest BCUT2D eigenvalue weighted by Crippen LogP contribution is 2.33. The summed E-state index contributed by atoms with van der Waals surface area (Å²) in [6, 6.07) is 2.74. The van der Waals surface area contributed by atoms with Crippen LogP contribution in [0.25, 0.3) is 0 Å². The molecule has 0 saturated heterocycles. The van der Waals surface area contributed by atoms with Crippen molar-refractivity contribution >= 4 is 5.69 Å². The number of benzene rings is 1. The van der Waals surface area contributed by atoms with E-state index in [4.69, 9.17) is 0 Å². The van der Waals surface area contributed by atoms with Crippen LogP contribution in [-0.2, 0) is 19.8 Å². The van der Waals surface area contributed by atoms with Crippen LogP contribution in [0, 0.1) is 5.82 Å². The van der Waals surface area contributed by atoms with Crippen LogP contribution in [0.2, 0.25) is 0 Å². The van der Waals surface area contributed by atoms with Gasteiger partial charge in [0.05, 0.1) is 12.1 Å². The first-order chi connectivity index (χ1) is 8.88. The highest BCUT2D eigenvalue weighted by atomic mass is 19.4. The molecular formula is C11H10F4N4. The summed E-state index contributed by atoms with van der Waals surface area (Å²) in [7, 11) is 1.66. The summed E-state index contributed by atoms with van der Waals surface area (Å²) in [6.45, 7) is 0.194. The van der Waals surface area contributed by atoms with Crippen LogP contribution in [0.15, 0.2) is 24.5 Å². The maximum absolute atomic E-state index is 13.1. The van der Waals surface area contributed by atoms with Gasteiger partial charge in [-0.1, -0.05) is 0 Å². The number of aryl methyl sites for hydroxylation is 1. The second kappa shape index (κ2) is 4.87. The molecule has 0 aliphatic rings. The number of alkyl halides is 3. The highest BCUT2D eigenvalue weighted by molar-refractivity contribution is 5.47. The van der Waals surface area contributed by atoms with E-state index in [1.54, 1.807) is 7.05 Å². The van der Waals surface area contributed by atoms with E-state index in [-0.39, 0.29) is 12.2 Å². The Bertz CT molecular complexity index is 576. The number of halogens is 4. The average molecular weight is 274 g/mol. The molecule has 0 amide bonds. The first-order valence-electron chi connectivity index (χ1n) is 5.31. The van der Waals surface area contributed by atoms with E-state index in [0.29, 0.717) is 5.82 Å². The summed E-state index contributed by atoms with van der Waals surface area (Å²) in [5, 5.41) is 6.56. The van der Waals surface area contributed by atoms with Crippen LogP contribution in [0.1, 0.15) is 11.4 Å². The highest BCUT2D eigenvalue weighted by Gasteiger charge is 2.34. The van der Waals surface area contributed by atoms with Gasteiger partial charge >= 0.3 is 6.18 Å². The standard InChI is InChI=1S/C11H10F4N4/c1-19-10(17-6-18-19)5-16-7-2-3-9(12)8(4-7)11(13,14)15/h2-4,6,16H,5H2,1H3. The fraction of sp³-hybridized carbons (Fsp3) is 0.273. The van der Waals surface area contributed by atoms with Gasteiger partial charge in [0.2, 0.25) is 0 Å². The molecule has 1 aromatic heterocycles. The SMILES string of the molecule is Cn1ncnc1CNc1ccc(F)c(C(F)(F)F)c1. The third-order valence-electron chi connectivity index (χ3n) is 2.53. The minimum atomic E-state index is -4.72. The summed E-state index contributed by atoms with van der Waals surface area (Å²) >= 11 is 0. The van der Waals surface area contributed by atoms with Crippen LogP contribution in [0.5, 0.6) is 0 Å². The number of aromatic nitrogens is 3. The molecule has 0 saturated carbocycles. The zero-order chi connectivity index (χ0) is 14.0. The molecule has 1 N–H and O–H groups in total. The second-order valence-corrected chi connectivity index (χ2v) is 3.85. The minimum Gasteiger partial charge on any atom is -0.378 e. The van der Waals surface area contributed by atoms with Crippen molar-refractivity contribution in [3.05, 3.63) is 41.7 Å². The summed E-state index contributed by atoms with van der Waals surface area (Å²) < 4.78 is 52.1. The van der Waals surface area contributed by atoms with Crippen LogP contribution < -0.4 is 5.32 Å². The van der Waals surface area contributed by atoms with Gasteiger partial charge in [0, 0.05) is 12.7 Å². The fourth-order valence-corrected chi connectivity index (χ4v) is 1.51. The van der Waals surface area contributed by atoms with E-state index in [0.717, 1.165) is 12.1 Å². The third kappa shape index (κ3) is 3.01. The smallest absolute Gasteiger partial charge is 0.378 e. The van der Waals surface area contributed by atoms with E-state index in [1.807, 2.05) is 0 Å². The predicted octanol–water partition coefficient (Wildman–Crippen LogP) is 2.59. The normalized spacial score (nSPS) is 11.6. The molecule has 102 valence electrons. The van der Waals surface area contributed by atoms with Crippen molar-refractivity contribution in [2.45, 2.75) is 12.7 Å². The molecule has 0 bridgehead atoms. The lowest BCUT2D eigenvalue weighted by atomic mass is 10.2. The van der Waals surface area contributed by atoms with Gasteiger partial charge in [-0.25, -0.2) is 9.37 Å². The van der Waals surface area contributed by atoms with Gasteiger partial charge in [-0.05, 0) is 18.2 Å². The molecule has 0 aliphatic carbocycles. The molecule has 4 nitrogen and oxygen atoms in total. The lowest BCUT2D eigenvalue weighted by Gasteiger charge is -2.11. The Kier molecular flexibility index (Phi) is 3.41. The van der Waals surface area contributed by atoms with E-state index < -0.39 is 17.6 Å². The van der Waals surface area contributed by atoms with Crippen molar-refractivity contribution in [3.8, 4) is 0 Å². The first kappa shape index (κ1) is 13.3. The van der Waals surface area contributed by atoms with Gasteiger partial charge in [0.1, 0.15) is 18.0 Å².